The minimum atomic E-state index is -0.424. The van der Waals surface area contributed by atoms with Crippen LogP contribution < -0.4 is 5.32 Å². The number of hydrogen-bond donors (Lipinski definition) is 2. The Kier molecular flexibility index (Phi) is 4.55. The Labute approximate surface area is 121 Å². The van der Waals surface area contributed by atoms with E-state index < -0.39 is 4.92 Å². The Bertz CT molecular complexity index is 632. The molecule has 2 aromatic rings. The molecule has 5 nitrogen and oxygen atoms in total. The van der Waals surface area contributed by atoms with Crippen LogP contribution in [0.2, 0.25) is 5.02 Å². The minimum Gasteiger partial charge on any atom is -0.506 e. The predicted octanol–water partition coefficient (Wildman–Crippen LogP) is 3.24. The van der Waals surface area contributed by atoms with Gasteiger partial charge >= 0.3 is 0 Å². The zero-order chi connectivity index (χ0) is 14.5. The van der Waals surface area contributed by atoms with Crippen molar-refractivity contribution < 1.29 is 10.0 Å². The number of para-hydroxylation sites is 1. The number of phenols is 1. The van der Waals surface area contributed by atoms with E-state index in [1.807, 2.05) is 0 Å². The first kappa shape index (κ1) is 14.3. The van der Waals surface area contributed by atoms with E-state index in [-0.39, 0.29) is 11.4 Å². The van der Waals surface area contributed by atoms with Crippen molar-refractivity contribution in [3.8, 4) is 5.75 Å². The lowest BCUT2D eigenvalue weighted by molar-refractivity contribution is -0.384. The highest BCUT2D eigenvalue weighted by Gasteiger charge is 2.07. The molecule has 0 amide bonds. The fourth-order valence-electron chi connectivity index (χ4n) is 1.82. The maximum atomic E-state index is 10.7. The second-order valence-corrected chi connectivity index (χ2v) is 4.69. The number of non-ortho nitro benzene ring substituents is 1. The van der Waals surface area contributed by atoms with Crippen molar-refractivity contribution >= 4 is 17.3 Å². The molecule has 0 aromatic heterocycles. The first-order chi connectivity index (χ1) is 9.58. The third-order valence-electron chi connectivity index (χ3n) is 2.84. The molecule has 0 unspecified atom stereocenters. The number of halogens is 1. The summed E-state index contributed by atoms with van der Waals surface area (Å²) in [6, 6.07) is 11.6. The third-order valence-corrected chi connectivity index (χ3v) is 3.14. The molecular formula is C14H13ClN2O3. The van der Waals surface area contributed by atoms with Crippen LogP contribution in [-0.4, -0.2) is 10.0 Å². The van der Waals surface area contributed by atoms with Gasteiger partial charge in [0.05, 0.1) is 9.95 Å². The van der Waals surface area contributed by atoms with Gasteiger partial charge in [-0.15, -0.1) is 0 Å². The molecule has 0 saturated carbocycles. The van der Waals surface area contributed by atoms with E-state index >= 15 is 0 Å². The van der Waals surface area contributed by atoms with Gasteiger partial charge in [-0.25, -0.2) is 0 Å². The van der Waals surface area contributed by atoms with Gasteiger partial charge in [0, 0.05) is 30.8 Å². The fraction of sp³-hybridized carbons (Fsp3) is 0.143. The van der Waals surface area contributed by atoms with Gasteiger partial charge in [-0.05, 0) is 11.6 Å². The molecular weight excluding hydrogens is 280 g/mol. The van der Waals surface area contributed by atoms with E-state index in [1.54, 1.807) is 30.3 Å². The summed E-state index contributed by atoms with van der Waals surface area (Å²) in [7, 11) is 0. The average molecular weight is 293 g/mol. The lowest BCUT2D eigenvalue weighted by Gasteiger charge is -2.08. The van der Waals surface area contributed by atoms with Crippen molar-refractivity contribution in [3.05, 3.63) is 68.7 Å². The van der Waals surface area contributed by atoms with Crippen LogP contribution in [0.3, 0.4) is 0 Å². The lowest BCUT2D eigenvalue weighted by Crippen LogP contribution is -2.12. The molecule has 0 spiro atoms. The maximum Gasteiger partial charge on any atom is 0.269 e. The highest BCUT2D eigenvalue weighted by molar-refractivity contribution is 6.32. The number of rotatable bonds is 5. The SMILES string of the molecule is O=[N+]([O-])c1cccc(CNCc2cccc(Cl)c2O)c1. The summed E-state index contributed by atoms with van der Waals surface area (Å²) in [6.45, 7) is 0.892. The summed E-state index contributed by atoms with van der Waals surface area (Å²) in [5.74, 6) is 0.0562. The van der Waals surface area contributed by atoms with Crippen LogP contribution >= 0.6 is 11.6 Å². The van der Waals surface area contributed by atoms with Crippen LogP contribution in [0.25, 0.3) is 0 Å². The van der Waals surface area contributed by atoms with Gasteiger partial charge in [0.2, 0.25) is 0 Å². The number of nitro groups is 1. The van der Waals surface area contributed by atoms with Gasteiger partial charge in [-0.1, -0.05) is 35.9 Å². The zero-order valence-electron chi connectivity index (χ0n) is 10.5. The van der Waals surface area contributed by atoms with Gasteiger partial charge < -0.3 is 10.4 Å². The highest BCUT2D eigenvalue weighted by Crippen LogP contribution is 2.26. The number of nitrogens with one attached hydrogen (secondary N) is 1. The summed E-state index contributed by atoms with van der Waals surface area (Å²) in [5.41, 5.74) is 1.55. The normalized spacial score (nSPS) is 10.4. The predicted molar refractivity (Wildman–Crippen MR) is 76.8 cm³/mol. The Morgan fingerprint density at radius 2 is 1.95 bits per heavy atom. The molecule has 0 aliphatic heterocycles. The first-order valence-corrected chi connectivity index (χ1v) is 6.36. The average Bonchev–Trinajstić information content (AvgIpc) is 2.44. The number of nitro benzene ring substituents is 1. The zero-order valence-corrected chi connectivity index (χ0v) is 11.3. The van der Waals surface area contributed by atoms with E-state index in [2.05, 4.69) is 5.32 Å². The van der Waals surface area contributed by atoms with Crippen LogP contribution in [0.15, 0.2) is 42.5 Å². The molecule has 0 aliphatic carbocycles. The Hall–Kier alpha value is -2.11. The van der Waals surface area contributed by atoms with Crippen LogP contribution in [-0.2, 0) is 13.1 Å². The maximum absolute atomic E-state index is 10.7. The molecule has 0 radical (unpaired) electrons. The summed E-state index contributed by atoms with van der Waals surface area (Å²) in [4.78, 5) is 10.2. The van der Waals surface area contributed by atoms with Crippen molar-refractivity contribution in [3.63, 3.8) is 0 Å². The van der Waals surface area contributed by atoms with Crippen molar-refractivity contribution in [2.75, 3.05) is 0 Å². The van der Waals surface area contributed by atoms with Crippen LogP contribution in [0.5, 0.6) is 5.75 Å². The fourth-order valence-corrected chi connectivity index (χ4v) is 2.02. The Morgan fingerprint density at radius 1 is 1.20 bits per heavy atom. The lowest BCUT2D eigenvalue weighted by atomic mass is 10.1. The molecule has 2 N–H and O–H groups in total. The van der Waals surface area contributed by atoms with Crippen LogP contribution in [0, 0.1) is 10.1 Å². The van der Waals surface area contributed by atoms with Crippen LogP contribution in [0.1, 0.15) is 11.1 Å². The summed E-state index contributed by atoms with van der Waals surface area (Å²) >= 11 is 5.81. The first-order valence-electron chi connectivity index (χ1n) is 5.98. The summed E-state index contributed by atoms with van der Waals surface area (Å²) in [5, 5.41) is 23.8. The highest BCUT2D eigenvalue weighted by atomic mass is 35.5. The molecule has 0 saturated heterocycles. The topological polar surface area (TPSA) is 75.4 Å². The number of phenolic OH excluding ortho intramolecular Hbond substituents is 1. The van der Waals surface area contributed by atoms with Gasteiger partial charge in [-0.3, -0.25) is 10.1 Å². The molecule has 0 aliphatic rings. The van der Waals surface area contributed by atoms with Gasteiger partial charge in [0.25, 0.3) is 5.69 Å². The molecule has 104 valence electrons. The van der Waals surface area contributed by atoms with Crippen LogP contribution in [0.4, 0.5) is 5.69 Å². The second kappa shape index (κ2) is 6.36. The number of nitrogens with zero attached hydrogens (tertiary/aromatic N) is 1. The molecule has 0 atom stereocenters. The van der Waals surface area contributed by atoms with Gasteiger partial charge in [0.15, 0.2) is 0 Å². The third kappa shape index (κ3) is 3.46. The molecule has 2 aromatic carbocycles. The standard InChI is InChI=1S/C14H13ClN2O3/c15-13-6-2-4-11(14(13)18)9-16-8-10-3-1-5-12(7-10)17(19)20/h1-7,16,18H,8-9H2. The van der Waals surface area contributed by atoms with E-state index in [9.17, 15) is 15.2 Å². The van der Waals surface area contributed by atoms with Gasteiger partial charge in [0.1, 0.15) is 5.75 Å². The number of aromatic hydroxyl groups is 1. The summed E-state index contributed by atoms with van der Waals surface area (Å²) in [6.07, 6.45) is 0. The van der Waals surface area contributed by atoms with Crippen molar-refractivity contribution in [1.82, 2.24) is 5.32 Å². The number of benzene rings is 2. The molecule has 6 heteroatoms. The Morgan fingerprint density at radius 3 is 2.70 bits per heavy atom. The molecule has 0 heterocycles. The van der Waals surface area contributed by atoms with E-state index in [0.717, 1.165) is 5.56 Å². The van der Waals surface area contributed by atoms with Crippen molar-refractivity contribution in [1.29, 1.82) is 0 Å². The molecule has 0 bridgehead atoms. The number of hydrogen-bond acceptors (Lipinski definition) is 4. The molecule has 0 fully saturated rings. The molecule has 2 rings (SSSR count). The smallest absolute Gasteiger partial charge is 0.269 e. The van der Waals surface area contributed by atoms with E-state index in [4.69, 9.17) is 11.6 Å². The van der Waals surface area contributed by atoms with Crippen molar-refractivity contribution in [2.24, 2.45) is 0 Å². The minimum absolute atomic E-state index is 0.0562. The van der Waals surface area contributed by atoms with Crippen molar-refractivity contribution in [2.45, 2.75) is 13.1 Å². The van der Waals surface area contributed by atoms with Gasteiger partial charge in [-0.2, -0.15) is 0 Å². The van der Waals surface area contributed by atoms with E-state index in [0.29, 0.717) is 23.7 Å². The quantitative estimate of drug-likeness (QED) is 0.655. The Balaban J connectivity index is 1.98. The molecule has 20 heavy (non-hydrogen) atoms. The monoisotopic (exact) mass is 292 g/mol. The second-order valence-electron chi connectivity index (χ2n) is 4.28. The van der Waals surface area contributed by atoms with E-state index in [1.165, 1.54) is 12.1 Å². The largest absolute Gasteiger partial charge is 0.506 e. The summed E-state index contributed by atoms with van der Waals surface area (Å²) < 4.78 is 0.